The monoisotopic (exact) mass is 301 g/mol. The van der Waals surface area contributed by atoms with Gasteiger partial charge in [-0.25, -0.2) is 4.79 Å². The summed E-state index contributed by atoms with van der Waals surface area (Å²) < 4.78 is 5.42. The first-order valence-electron chi connectivity index (χ1n) is 7.34. The predicted molar refractivity (Wildman–Crippen MR) is 86.6 cm³/mol. The summed E-state index contributed by atoms with van der Waals surface area (Å²) >= 11 is 0. The van der Waals surface area contributed by atoms with Crippen LogP contribution in [0.3, 0.4) is 0 Å². The third kappa shape index (κ3) is 4.36. The lowest BCUT2D eigenvalue weighted by molar-refractivity contribution is 0.225. The van der Waals surface area contributed by atoms with E-state index >= 15 is 0 Å². The minimum atomic E-state index is -0.179. The maximum absolute atomic E-state index is 12.0. The number of nitrogens with zero attached hydrogens (tertiary/aromatic N) is 1. The van der Waals surface area contributed by atoms with Crippen LogP contribution < -0.4 is 10.6 Å². The van der Waals surface area contributed by atoms with Crippen molar-refractivity contribution in [3.8, 4) is 0 Å². The summed E-state index contributed by atoms with van der Waals surface area (Å²) in [5.41, 5.74) is 2.29. The Bertz CT molecular complexity index is 594. The number of aryl methyl sites for hydroxylation is 1. The van der Waals surface area contributed by atoms with Crippen molar-refractivity contribution in [1.29, 1.82) is 0 Å². The molecule has 0 bridgehead atoms. The molecule has 2 amide bonds. The van der Waals surface area contributed by atoms with Crippen LogP contribution in [0.2, 0.25) is 0 Å². The second-order valence-corrected chi connectivity index (χ2v) is 5.48. The number of likely N-dealkylation sites (N-methyl/N-ethyl adjacent to an activating group) is 1. The van der Waals surface area contributed by atoms with Gasteiger partial charge in [0.05, 0.1) is 12.3 Å². The van der Waals surface area contributed by atoms with Crippen molar-refractivity contribution in [2.24, 2.45) is 0 Å². The molecule has 2 N–H and O–H groups in total. The first kappa shape index (κ1) is 16.1. The number of rotatable bonds is 6. The topological polar surface area (TPSA) is 57.5 Å². The van der Waals surface area contributed by atoms with Crippen molar-refractivity contribution in [2.75, 3.05) is 20.6 Å². The van der Waals surface area contributed by atoms with Gasteiger partial charge in [0.2, 0.25) is 0 Å². The van der Waals surface area contributed by atoms with E-state index in [1.165, 1.54) is 5.56 Å². The minimum Gasteiger partial charge on any atom is -0.468 e. The van der Waals surface area contributed by atoms with Crippen LogP contribution in [0.1, 0.15) is 22.9 Å². The number of carbonyl (C=O) groups is 1. The summed E-state index contributed by atoms with van der Waals surface area (Å²) in [5, 5.41) is 5.77. The molecule has 0 fully saturated rings. The predicted octanol–water partition coefficient (Wildman–Crippen LogP) is 2.69. The van der Waals surface area contributed by atoms with Gasteiger partial charge in [0.25, 0.3) is 0 Å². The van der Waals surface area contributed by atoms with Gasteiger partial charge in [-0.05, 0) is 44.3 Å². The normalized spacial score (nSPS) is 12.2. The van der Waals surface area contributed by atoms with Crippen LogP contribution >= 0.6 is 0 Å². The zero-order chi connectivity index (χ0) is 15.9. The number of hydrogen-bond acceptors (Lipinski definition) is 3. The number of carbonyl (C=O) groups excluding carboxylic acids is 1. The fourth-order valence-corrected chi connectivity index (χ4v) is 2.25. The molecule has 1 aromatic heterocycles. The van der Waals surface area contributed by atoms with Gasteiger partial charge in [-0.1, -0.05) is 24.3 Å². The molecule has 0 radical (unpaired) electrons. The molecule has 2 rings (SSSR count). The van der Waals surface area contributed by atoms with Gasteiger partial charge < -0.3 is 15.1 Å². The third-order valence-corrected chi connectivity index (χ3v) is 3.65. The first-order valence-corrected chi connectivity index (χ1v) is 7.34. The van der Waals surface area contributed by atoms with Crippen molar-refractivity contribution in [2.45, 2.75) is 19.5 Å². The summed E-state index contributed by atoms with van der Waals surface area (Å²) in [5.74, 6) is 0.837. The Hall–Kier alpha value is -2.27. The zero-order valence-electron chi connectivity index (χ0n) is 13.3. The molecule has 2 aromatic rings. The third-order valence-electron chi connectivity index (χ3n) is 3.65. The summed E-state index contributed by atoms with van der Waals surface area (Å²) in [6.45, 7) is 3.04. The number of benzene rings is 1. The molecule has 118 valence electrons. The molecule has 1 unspecified atom stereocenters. The number of hydrogen-bond donors (Lipinski definition) is 2. The van der Waals surface area contributed by atoms with Crippen molar-refractivity contribution in [1.82, 2.24) is 15.5 Å². The Morgan fingerprint density at radius 3 is 2.59 bits per heavy atom. The molecule has 1 atom stereocenters. The van der Waals surface area contributed by atoms with E-state index in [1.807, 2.05) is 62.3 Å². The van der Waals surface area contributed by atoms with Crippen molar-refractivity contribution >= 4 is 6.03 Å². The molecule has 0 aliphatic carbocycles. The van der Waals surface area contributed by atoms with E-state index < -0.39 is 0 Å². The number of furan rings is 1. The van der Waals surface area contributed by atoms with Crippen molar-refractivity contribution < 1.29 is 9.21 Å². The van der Waals surface area contributed by atoms with E-state index in [0.717, 1.165) is 11.3 Å². The van der Waals surface area contributed by atoms with E-state index in [2.05, 4.69) is 10.6 Å². The Kier molecular flexibility index (Phi) is 5.61. The fraction of sp³-hybridized carbons (Fsp3) is 0.353. The molecular formula is C17H23N3O2. The molecule has 22 heavy (non-hydrogen) atoms. The molecule has 0 saturated heterocycles. The average Bonchev–Trinajstić information content (AvgIpc) is 3.00. The molecule has 5 nitrogen and oxygen atoms in total. The van der Waals surface area contributed by atoms with E-state index in [-0.39, 0.29) is 12.1 Å². The van der Waals surface area contributed by atoms with E-state index in [1.54, 1.807) is 6.26 Å². The summed E-state index contributed by atoms with van der Waals surface area (Å²) in [7, 11) is 3.92. The van der Waals surface area contributed by atoms with E-state index in [4.69, 9.17) is 4.42 Å². The highest BCUT2D eigenvalue weighted by molar-refractivity contribution is 5.73. The van der Waals surface area contributed by atoms with E-state index in [0.29, 0.717) is 13.1 Å². The summed E-state index contributed by atoms with van der Waals surface area (Å²) in [6, 6.07) is 11.6. The maximum atomic E-state index is 12.0. The zero-order valence-corrected chi connectivity index (χ0v) is 13.3. The van der Waals surface area contributed by atoms with Crippen LogP contribution in [0.25, 0.3) is 0 Å². The van der Waals surface area contributed by atoms with Crippen LogP contribution in [0.5, 0.6) is 0 Å². The van der Waals surface area contributed by atoms with E-state index in [9.17, 15) is 4.79 Å². The Morgan fingerprint density at radius 1 is 1.18 bits per heavy atom. The standard InChI is InChI=1S/C17H23N3O2/c1-13-7-4-5-8-14(13)11-18-17(21)19-12-15(20(2)3)16-9-6-10-22-16/h4-10,15H,11-12H2,1-3H3,(H2,18,19,21). The lowest BCUT2D eigenvalue weighted by Gasteiger charge is -2.22. The molecule has 0 aliphatic heterocycles. The smallest absolute Gasteiger partial charge is 0.315 e. The molecule has 0 saturated carbocycles. The number of nitrogens with one attached hydrogen (secondary N) is 2. The number of urea groups is 1. The van der Waals surface area contributed by atoms with Gasteiger partial charge in [-0.15, -0.1) is 0 Å². The van der Waals surface area contributed by atoms with Crippen LogP contribution in [0.4, 0.5) is 4.79 Å². The van der Waals surface area contributed by atoms with Crippen LogP contribution in [0.15, 0.2) is 47.1 Å². The van der Waals surface area contributed by atoms with Gasteiger partial charge in [0.1, 0.15) is 5.76 Å². The first-order chi connectivity index (χ1) is 10.6. The van der Waals surface area contributed by atoms with Crippen LogP contribution in [0, 0.1) is 6.92 Å². The molecular weight excluding hydrogens is 278 g/mol. The second kappa shape index (κ2) is 7.66. The summed E-state index contributed by atoms with van der Waals surface area (Å²) in [6.07, 6.45) is 1.64. The van der Waals surface area contributed by atoms with Gasteiger partial charge in [0.15, 0.2) is 0 Å². The maximum Gasteiger partial charge on any atom is 0.315 e. The average molecular weight is 301 g/mol. The Morgan fingerprint density at radius 2 is 1.95 bits per heavy atom. The lowest BCUT2D eigenvalue weighted by atomic mass is 10.1. The van der Waals surface area contributed by atoms with Gasteiger partial charge in [-0.3, -0.25) is 4.90 Å². The molecule has 1 aromatic carbocycles. The highest BCUT2D eigenvalue weighted by Crippen LogP contribution is 2.17. The van der Waals surface area contributed by atoms with Crippen LogP contribution in [-0.4, -0.2) is 31.6 Å². The second-order valence-electron chi connectivity index (χ2n) is 5.48. The van der Waals surface area contributed by atoms with Crippen molar-refractivity contribution in [3.05, 3.63) is 59.5 Å². The Labute approximate surface area is 131 Å². The highest BCUT2D eigenvalue weighted by Gasteiger charge is 2.17. The largest absolute Gasteiger partial charge is 0.468 e. The van der Waals surface area contributed by atoms with Gasteiger partial charge in [0, 0.05) is 13.1 Å². The Balaban J connectivity index is 1.83. The molecule has 1 heterocycles. The highest BCUT2D eigenvalue weighted by atomic mass is 16.3. The summed E-state index contributed by atoms with van der Waals surface area (Å²) in [4.78, 5) is 14.0. The molecule has 0 spiro atoms. The molecule has 0 aliphatic rings. The van der Waals surface area contributed by atoms with Crippen molar-refractivity contribution in [3.63, 3.8) is 0 Å². The SMILES string of the molecule is Cc1ccccc1CNC(=O)NCC(c1ccco1)N(C)C. The van der Waals surface area contributed by atoms with Crippen LogP contribution in [-0.2, 0) is 6.54 Å². The fourth-order valence-electron chi connectivity index (χ4n) is 2.25. The number of amides is 2. The lowest BCUT2D eigenvalue weighted by Crippen LogP contribution is -2.40. The van der Waals surface area contributed by atoms with Gasteiger partial charge >= 0.3 is 6.03 Å². The quantitative estimate of drug-likeness (QED) is 0.862. The van der Waals surface area contributed by atoms with Gasteiger partial charge in [-0.2, -0.15) is 0 Å². The molecule has 5 heteroatoms. The minimum absolute atomic E-state index is 0.0132.